The van der Waals surface area contributed by atoms with Crippen molar-refractivity contribution in [3.05, 3.63) is 39.9 Å². The van der Waals surface area contributed by atoms with E-state index >= 15 is 0 Å². The first-order valence-electron chi connectivity index (χ1n) is 11.1. The van der Waals surface area contributed by atoms with Crippen LogP contribution in [0, 0.1) is 21.4 Å². The summed E-state index contributed by atoms with van der Waals surface area (Å²) < 4.78 is 5.53. The molecule has 0 fully saturated rings. The molecule has 0 aromatic heterocycles. The van der Waals surface area contributed by atoms with Crippen LogP contribution in [0.15, 0.2) is 24.3 Å². The maximum absolute atomic E-state index is 12.6. The molecule has 0 bridgehead atoms. The minimum Gasteiger partial charge on any atom is -0.484 e. The third-order valence-corrected chi connectivity index (χ3v) is 4.76. The summed E-state index contributed by atoms with van der Waals surface area (Å²) in [6.45, 7) is 8.78. The van der Waals surface area contributed by atoms with Crippen molar-refractivity contribution in [1.29, 1.82) is 5.41 Å². The summed E-state index contributed by atoms with van der Waals surface area (Å²) in [5.74, 6) is 0.211. The summed E-state index contributed by atoms with van der Waals surface area (Å²) in [7, 11) is 0. The second kappa shape index (κ2) is 14.6. The van der Waals surface area contributed by atoms with E-state index in [1.807, 2.05) is 12.1 Å². The number of hydrogen-bond acceptors (Lipinski definition) is 6. The molecule has 5 N–H and O–H groups in total. The third-order valence-electron chi connectivity index (χ3n) is 4.76. The van der Waals surface area contributed by atoms with Crippen molar-refractivity contribution in [3.8, 4) is 5.75 Å². The van der Waals surface area contributed by atoms with Gasteiger partial charge in [0.05, 0.1) is 0 Å². The molecule has 11 nitrogen and oxygen atoms in total. The maximum atomic E-state index is 12.6. The van der Waals surface area contributed by atoms with Gasteiger partial charge in [0.15, 0.2) is 11.6 Å². The molecule has 184 valence electrons. The largest absolute Gasteiger partial charge is 0.484 e. The van der Waals surface area contributed by atoms with Gasteiger partial charge >= 0.3 is 0 Å². The van der Waals surface area contributed by atoms with Gasteiger partial charge in [0.2, 0.25) is 5.91 Å². The van der Waals surface area contributed by atoms with E-state index in [-0.39, 0.29) is 19.1 Å². The first-order valence-corrected chi connectivity index (χ1v) is 11.1. The SMILES string of the molecule is CC(C)CCNC(=O)[C@H](CCCNC(=N)N[N+](=O)[O-])NC(=O)COc1ccc(C(C)C)cc1. The Morgan fingerprint density at radius 1 is 1.06 bits per heavy atom. The number of guanidine groups is 1. The summed E-state index contributed by atoms with van der Waals surface area (Å²) in [5.41, 5.74) is 2.86. The van der Waals surface area contributed by atoms with Crippen LogP contribution in [-0.4, -0.2) is 48.5 Å². The molecule has 0 aliphatic carbocycles. The van der Waals surface area contributed by atoms with E-state index in [9.17, 15) is 19.7 Å². The summed E-state index contributed by atoms with van der Waals surface area (Å²) in [6.07, 6.45) is 1.51. The van der Waals surface area contributed by atoms with Gasteiger partial charge in [-0.15, -0.1) is 0 Å². The Kier molecular flexibility index (Phi) is 12.3. The summed E-state index contributed by atoms with van der Waals surface area (Å²) >= 11 is 0. The molecule has 0 saturated carbocycles. The van der Waals surface area contributed by atoms with Crippen molar-refractivity contribution in [2.45, 2.75) is 58.9 Å². The van der Waals surface area contributed by atoms with Crippen LogP contribution >= 0.6 is 0 Å². The highest BCUT2D eigenvalue weighted by molar-refractivity contribution is 5.88. The zero-order chi connectivity index (χ0) is 24.8. The fourth-order valence-electron chi connectivity index (χ4n) is 2.86. The Balaban J connectivity index is 2.57. The molecule has 0 spiro atoms. The van der Waals surface area contributed by atoms with Crippen LogP contribution in [0.4, 0.5) is 0 Å². The van der Waals surface area contributed by atoms with Crippen molar-refractivity contribution in [1.82, 2.24) is 21.4 Å². The van der Waals surface area contributed by atoms with Crippen LogP contribution < -0.4 is 26.1 Å². The fraction of sp³-hybridized carbons (Fsp3) is 0.591. The van der Waals surface area contributed by atoms with Gasteiger partial charge in [0.25, 0.3) is 11.9 Å². The number of nitrogens with one attached hydrogen (secondary N) is 5. The topological polar surface area (TPSA) is 158 Å². The molecule has 11 heteroatoms. The van der Waals surface area contributed by atoms with E-state index in [1.54, 1.807) is 17.6 Å². The van der Waals surface area contributed by atoms with Crippen molar-refractivity contribution in [3.63, 3.8) is 0 Å². The van der Waals surface area contributed by atoms with Crippen LogP contribution in [0.5, 0.6) is 5.75 Å². The quantitative estimate of drug-likeness (QED) is 0.0925. The highest BCUT2D eigenvalue weighted by Gasteiger charge is 2.20. The Morgan fingerprint density at radius 3 is 2.30 bits per heavy atom. The van der Waals surface area contributed by atoms with E-state index in [0.717, 1.165) is 6.42 Å². The molecular formula is C22H36N6O5. The minimum absolute atomic E-state index is 0.226. The Hall–Kier alpha value is -3.37. The van der Waals surface area contributed by atoms with Gasteiger partial charge in [-0.3, -0.25) is 15.0 Å². The zero-order valence-electron chi connectivity index (χ0n) is 19.8. The maximum Gasteiger partial charge on any atom is 0.258 e. The highest BCUT2D eigenvalue weighted by Crippen LogP contribution is 2.18. The molecule has 0 radical (unpaired) electrons. The molecule has 1 rings (SSSR count). The second-order valence-electron chi connectivity index (χ2n) is 8.42. The van der Waals surface area contributed by atoms with E-state index in [2.05, 4.69) is 43.6 Å². The molecule has 0 heterocycles. The van der Waals surface area contributed by atoms with Gasteiger partial charge in [-0.2, -0.15) is 0 Å². The number of carbonyl (C=O) groups is 2. The van der Waals surface area contributed by atoms with Crippen LogP contribution in [0.1, 0.15) is 58.4 Å². The monoisotopic (exact) mass is 464 g/mol. The molecule has 1 atom stereocenters. The van der Waals surface area contributed by atoms with Crippen molar-refractivity contribution in [2.75, 3.05) is 19.7 Å². The lowest BCUT2D eigenvalue weighted by molar-refractivity contribution is -0.525. The number of benzene rings is 1. The second-order valence-corrected chi connectivity index (χ2v) is 8.42. The van der Waals surface area contributed by atoms with Crippen LogP contribution in [0.3, 0.4) is 0 Å². The summed E-state index contributed by atoms with van der Waals surface area (Å²) in [4.78, 5) is 35.3. The predicted octanol–water partition coefficient (Wildman–Crippen LogP) is 1.92. The fourth-order valence-corrected chi connectivity index (χ4v) is 2.86. The summed E-state index contributed by atoms with van der Waals surface area (Å²) in [6, 6.07) is 6.72. The van der Waals surface area contributed by atoms with Gasteiger partial charge in [0.1, 0.15) is 11.8 Å². The van der Waals surface area contributed by atoms with Crippen molar-refractivity contribution >= 4 is 17.8 Å². The Morgan fingerprint density at radius 2 is 1.73 bits per heavy atom. The molecule has 0 unspecified atom stereocenters. The molecule has 1 aromatic rings. The Bertz CT molecular complexity index is 782. The van der Waals surface area contributed by atoms with Crippen LogP contribution in [0.2, 0.25) is 0 Å². The molecule has 2 amide bonds. The van der Waals surface area contributed by atoms with Gasteiger partial charge < -0.3 is 20.7 Å². The minimum atomic E-state index is -0.836. The lowest BCUT2D eigenvalue weighted by Crippen LogP contribution is -2.48. The van der Waals surface area contributed by atoms with Gasteiger partial charge in [-0.1, -0.05) is 45.3 Å². The lowest BCUT2D eigenvalue weighted by atomic mass is 10.0. The first-order chi connectivity index (χ1) is 15.6. The van der Waals surface area contributed by atoms with Crippen LogP contribution in [-0.2, 0) is 9.59 Å². The number of rotatable bonds is 14. The number of hydrogen-bond donors (Lipinski definition) is 5. The molecule has 0 saturated heterocycles. The smallest absolute Gasteiger partial charge is 0.258 e. The molecule has 0 aliphatic rings. The number of ether oxygens (including phenoxy) is 1. The standard InChI is InChI=1S/C22H36N6O5/c1-15(2)11-13-24-21(30)19(6-5-12-25-22(23)27-28(31)32)26-20(29)14-33-18-9-7-17(8-10-18)16(3)4/h7-10,15-16,19H,5-6,11-14H2,1-4H3,(H,24,30)(H,26,29)(H3,23,25,27)/t19-/m0/s1. The van der Waals surface area contributed by atoms with E-state index in [1.165, 1.54) is 5.56 Å². The Labute approximate surface area is 194 Å². The van der Waals surface area contributed by atoms with E-state index in [0.29, 0.717) is 37.0 Å². The summed E-state index contributed by atoms with van der Waals surface area (Å²) in [5, 5.41) is 24.9. The number of carbonyl (C=O) groups excluding carboxylic acids is 2. The normalized spacial score (nSPS) is 11.6. The molecular weight excluding hydrogens is 428 g/mol. The van der Waals surface area contributed by atoms with Crippen molar-refractivity contribution in [2.24, 2.45) is 5.92 Å². The zero-order valence-corrected chi connectivity index (χ0v) is 19.8. The van der Waals surface area contributed by atoms with E-state index < -0.39 is 22.9 Å². The average molecular weight is 465 g/mol. The molecule has 33 heavy (non-hydrogen) atoms. The average Bonchev–Trinajstić information content (AvgIpc) is 2.73. The third kappa shape index (κ3) is 12.3. The number of amides is 2. The molecule has 1 aromatic carbocycles. The highest BCUT2D eigenvalue weighted by atomic mass is 16.7. The van der Waals surface area contributed by atoms with Crippen molar-refractivity contribution < 1.29 is 19.4 Å². The first kappa shape index (κ1) is 27.7. The van der Waals surface area contributed by atoms with Gasteiger partial charge in [-0.05, 0) is 48.8 Å². The molecule has 0 aliphatic heterocycles. The van der Waals surface area contributed by atoms with Crippen LogP contribution in [0.25, 0.3) is 0 Å². The number of hydrazine groups is 1. The number of nitrogens with zero attached hydrogens (tertiary/aromatic N) is 1. The van der Waals surface area contributed by atoms with Gasteiger partial charge in [0, 0.05) is 13.1 Å². The van der Waals surface area contributed by atoms with E-state index in [4.69, 9.17) is 10.1 Å². The van der Waals surface area contributed by atoms with Gasteiger partial charge in [-0.25, -0.2) is 10.1 Å². The predicted molar refractivity (Wildman–Crippen MR) is 126 cm³/mol. The lowest BCUT2D eigenvalue weighted by Gasteiger charge is -2.19. The number of nitro groups is 1.